The molecule has 0 unspecified atom stereocenters. The monoisotopic (exact) mass is 301 g/mol. The summed E-state index contributed by atoms with van der Waals surface area (Å²) < 4.78 is 26.1. The van der Waals surface area contributed by atoms with E-state index < -0.39 is 20.6 Å². The van der Waals surface area contributed by atoms with Crippen LogP contribution in [-0.2, 0) is 10.0 Å². The summed E-state index contributed by atoms with van der Waals surface area (Å²) in [5, 5.41) is 14.1. The largest absolute Gasteiger partial charge is 0.380 e. The SMILES string of the molecule is CCNc1cccc(S(=O)(=O)N(CC)CC)c1[N+](=O)[O-]. The predicted octanol–water partition coefficient (Wildman–Crippen LogP) is 2.06. The summed E-state index contributed by atoms with van der Waals surface area (Å²) in [5.74, 6) is 0. The molecule has 0 fully saturated rings. The predicted molar refractivity (Wildman–Crippen MR) is 77.4 cm³/mol. The molecular weight excluding hydrogens is 282 g/mol. The van der Waals surface area contributed by atoms with Crippen LogP contribution in [0.1, 0.15) is 20.8 Å². The topological polar surface area (TPSA) is 92.6 Å². The summed E-state index contributed by atoms with van der Waals surface area (Å²) in [6, 6.07) is 4.27. The second-order valence-corrected chi connectivity index (χ2v) is 5.94. The van der Waals surface area contributed by atoms with Crippen LogP contribution in [0.2, 0.25) is 0 Å². The van der Waals surface area contributed by atoms with Crippen molar-refractivity contribution in [3.05, 3.63) is 28.3 Å². The molecule has 1 aromatic rings. The van der Waals surface area contributed by atoms with Crippen molar-refractivity contribution in [1.82, 2.24) is 4.31 Å². The minimum atomic E-state index is -3.87. The summed E-state index contributed by atoms with van der Waals surface area (Å²) in [7, 11) is -3.87. The third-order valence-electron chi connectivity index (χ3n) is 2.87. The first-order valence-corrected chi connectivity index (χ1v) is 7.85. The van der Waals surface area contributed by atoms with E-state index in [1.54, 1.807) is 20.8 Å². The van der Waals surface area contributed by atoms with Gasteiger partial charge >= 0.3 is 5.69 Å². The molecule has 0 saturated carbocycles. The van der Waals surface area contributed by atoms with Crippen LogP contribution in [0.5, 0.6) is 0 Å². The van der Waals surface area contributed by atoms with Gasteiger partial charge in [-0.2, -0.15) is 4.31 Å². The Balaban J connectivity index is 3.52. The van der Waals surface area contributed by atoms with Gasteiger partial charge in [-0.05, 0) is 19.1 Å². The molecule has 20 heavy (non-hydrogen) atoms. The molecule has 0 heterocycles. The number of benzene rings is 1. The van der Waals surface area contributed by atoms with Gasteiger partial charge in [0.2, 0.25) is 10.0 Å². The Bertz CT molecular complexity index is 582. The molecule has 0 aliphatic heterocycles. The van der Waals surface area contributed by atoms with Crippen molar-refractivity contribution in [3.63, 3.8) is 0 Å². The summed E-state index contributed by atoms with van der Waals surface area (Å²) in [6.45, 7) is 6.18. The van der Waals surface area contributed by atoms with Crippen molar-refractivity contribution >= 4 is 21.4 Å². The van der Waals surface area contributed by atoms with E-state index in [2.05, 4.69) is 5.32 Å². The van der Waals surface area contributed by atoms with E-state index in [0.29, 0.717) is 6.54 Å². The molecule has 0 aliphatic carbocycles. The van der Waals surface area contributed by atoms with Crippen molar-refractivity contribution in [1.29, 1.82) is 0 Å². The molecule has 0 radical (unpaired) electrons. The molecular formula is C12H19N3O4S. The number of hydrogen-bond donors (Lipinski definition) is 1. The summed E-state index contributed by atoms with van der Waals surface area (Å²) in [5.41, 5.74) is -0.188. The van der Waals surface area contributed by atoms with E-state index >= 15 is 0 Å². The summed E-state index contributed by atoms with van der Waals surface area (Å²) in [6.07, 6.45) is 0. The minimum Gasteiger partial charge on any atom is -0.380 e. The Hall–Kier alpha value is -1.67. The molecule has 1 aromatic carbocycles. The van der Waals surface area contributed by atoms with Gasteiger partial charge in [0.15, 0.2) is 4.90 Å². The highest BCUT2D eigenvalue weighted by molar-refractivity contribution is 7.89. The quantitative estimate of drug-likeness (QED) is 0.614. The molecule has 0 bridgehead atoms. The van der Waals surface area contributed by atoms with Gasteiger partial charge in [-0.3, -0.25) is 10.1 Å². The first kappa shape index (κ1) is 16.4. The molecule has 7 nitrogen and oxygen atoms in total. The second-order valence-electron chi connectivity index (χ2n) is 4.03. The van der Waals surface area contributed by atoms with Crippen molar-refractivity contribution < 1.29 is 13.3 Å². The van der Waals surface area contributed by atoms with Crippen LogP contribution < -0.4 is 5.32 Å². The molecule has 0 spiro atoms. The van der Waals surface area contributed by atoms with Gasteiger partial charge in [0, 0.05) is 19.6 Å². The van der Waals surface area contributed by atoms with E-state index in [4.69, 9.17) is 0 Å². The zero-order valence-corrected chi connectivity index (χ0v) is 12.6. The van der Waals surface area contributed by atoms with Crippen LogP contribution in [0.15, 0.2) is 23.1 Å². The fourth-order valence-corrected chi connectivity index (χ4v) is 3.59. The zero-order chi connectivity index (χ0) is 15.3. The fraction of sp³-hybridized carbons (Fsp3) is 0.500. The maximum Gasteiger partial charge on any atom is 0.312 e. The van der Waals surface area contributed by atoms with Crippen molar-refractivity contribution in [3.8, 4) is 0 Å². The Morgan fingerprint density at radius 3 is 2.30 bits per heavy atom. The van der Waals surface area contributed by atoms with E-state index in [-0.39, 0.29) is 23.7 Å². The highest BCUT2D eigenvalue weighted by Crippen LogP contribution is 2.33. The number of sulfonamides is 1. The molecule has 0 amide bonds. The van der Waals surface area contributed by atoms with E-state index in [9.17, 15) is 18.5 Å². The molecule has 0 aromatic heterocycles. The highest BCUT2D eigenvalue weighted by Gasteiger charge is 2.32. The third-order valence-corrected chi connectivity index (χ3v) is 4.95. The lowest BCUT2D eigenvalue weighted by atomic mass is 10.2. The fourth-order valence-electron chi connectivity index (χ4n) is 1.95. The van der Waals surface area contributed by atoms with Crippen LogP contribution in [0, 0.1) is 10.1 Å². The van der Waals surface area contributed by atoms with E-state index in [0.717, 1.165) is 0 Å². The van der Waals surface area contributed by atoms with Crippen LogP contribution in [-0.4, -0.2) is 37.3 Å². The maximum absolute atomic E-state index is 12.5. The summed E-state index contributed by atoms with van der Waals surface area (Å²) >= 11 is 0. The normalized spacial score (nSPS) is 11.6. The Labute approximate surface area is 118 Å². The van der Waals surface area contributed by atoms with Gasteiger partial charge in [-0.15, -0.1) is 0 Å². The second kappa shape index (κ2) is 6.67. The maximum atomic E-state index is 12.5. The summed E-state index contributed by atoms with van der Waals surface area (Å²) in [4.78, 5) is 10.3. The lowest BCUT2D eigenvalue weighted by molar-refractivity contribution is -0.386. The first-order chi connectivity index (χ1) is 9.39. The molecule has 0 saturated heterocycles. The first-order valence-electron chi connectivity index (χ1n) is 6.41. The molecule has 1 rings (SSSR count). The molecule has 112 valence electrons. The molecule has 8 heteroatoms. The van der Waals surface area contributed by atoms with E-state index in [1.165, 1.54) is 22.5 Å². The van der Waals surface area contributed by atoms with E-state index in [1.807, 2.05) is 0 Å². The van der Waals surface area contributed by atoms with Gasteiger partial charge in [0.25, 0.3) is 0 Å². The number of nitro benzene ring substituents is 1. The number of hydrogen-bond acceptors (Lipinski definition) is 5. The molecule has 1 N–H and O–H groups in total. The Kier molecular flexibility index (Phi) is 5.46. The number of anilines is 1. The van der Waals surface area contributed by atoms with Gasteiger partial charge in [0.1, 0.15) is 5.69 Å². The number of nitro groups is 1. The Morgan fingerprint density at radius 2 is 1.85 bits per heavy atom. The van der Waals surface area contributed by atoms with Crippen molar-refractivity contribution in [2.45, 2.75) is 25.7 Å². The van der Waals surface area contributed by atoms with Crippen LogP contribution in [0.25, 0.3) is 0 Å². The van der Waals surface area contributed by atoms with Crippen molar-refractivity contribution in [2.24, 2.45) is 0 Å². The third kappa shape index (κ3) is 3.07. The molecule has 0 atom stereocenters. The Morgan fingerprint density at radius 1 is 1.25 bits per heavy atom. The van der Waals surface area contributed by atoms with Gasteiger partial charge < -0.3 is 5.32 Å². The number of rotatable bonds is 7. The van der Waals surface area contributed by atoms with Crippen LogP contribution in [0.4, 0.5) is 11.4 Å². The minimum absolute atomic E-state index is 0.214. The van der Waals surface area contributed by atoms with Gasteiger partial charge in [0.05, 0.1) is 4.92 Å². The van der Waals surface area contributed by atoms with Crippen LogP contribution >= 0.6 is 0 Å². The van der Waals surface area contributed by atoms with Gasteiger partial charge in [-0.1, -0.05) is 19.9 Å². The van der Waals surface area contributed by atoms with Crippen LogP contribution in [0.3, 0.4) is 0 Å². The number of para-hydroxylation sites is 1. The standard InChI is InChI=1S/C12H19N3O4S/c1-4-13-10-8-7-9-11(12(10)15(16)17)20(18,19)14(5-2)6-3/h7-9,13H,4-6H2,1-3H3. The number of nitrogens with zero attached hydrogens (tertiary/aromatic N) is 2. The average molecular weight is 301 g/mol. The van der Waals surface area contributed by atoms with Crippen molar-refractivity contribution in [2.75, 3.05) is 25.0 Å². The van der Waals surface area contributed by atoms with Gasteiger partial charge in [-0.25, -0.2) is 8.42 Å². The lowest BCUT2D eigenvalue weighted by Crippen LogP contribution is -2.31. The molecule has 0 aliphatic rings. The smallest absolute Gasteiger partial charge is 0.312 e. The lowest BCUT2D eigenvalue weighted by Gasteiger charge is -2.19. The highest BCUT2D eigenvalue weighted by atomic mass is 32.2. The zero-order valence-electron chi connectivity index (χ0n) is 11.8. The average Bonchev–Trinajstić information content (AvgIpc) is 2.39. The number of nitrogens with one attached hydrogen (secondary N) is 1.